The number of aromatic amines is 1. The van der Waals surface area contributed by atoms with Crippen molar-refractivity contribution in [2.75, 3.05) is 5.32 Å². The van der Waals surface area contributed by atoms with Crippen molar-refractivity contribution in [3.63, 3.8) is 0 Å². The van der Waals surface area contributed by atoms with Gasteiger partial charge in [0.1, 0.15) is 5.58 Å². The molecule has 2 aromatic heterocycles. The molecule has 2 N–H and O–H groups in total. The summed E-state index contributed by atoms with van der Waals surface area (Å²) in [6.07, 6.45) is 0. The minimum atomic E-state index is -0.961. The first-order valence-corrected chi connectivity index (χ1v) is 9.19. The first-order chi connectivity index (χ1) is 13.4. The van der Waals surface area contributed by atoms with E-state index in [0.717, 1.165) is 17.5 Å². The Kier molecular flexibility index (Phi) is 4.60. The molecule has 0 saturated carbocycles. The number of rotatable bonds is 4. The van der Waals surface area contributed by atoms with Crippen LogP contribution in [0, 0.1) is 11.6 Å². The third-order valence-corrected chi connectivity index (χ3v) is 4.94. The van der Waals surface area contributed by atoms with Gasteiger partial charge in [0.15, 0.2) is 16.8 Å². The molecule has 4 aromatic rings. The van der Waals surface area contributed by atoms with Gasteiger partial charge in [0, 0.05) is 48.0 Å². The molecule has 2 aromatic carbocycles. The van der Waals surface area contributed by atoms with Gasteiger partial charge in [-0.05, 0) is 17.7 Å². The van der Waals surface area contributed by atoms with Gasteiger partial charge in [0.25, 0.3) is 0 Å². The standard InChI is InChI=1S/C19H13F2N3O3S/c1-9(25)22-11-2-3-12-10(4-18(26)27-17(12)5-11)8-28-19-23-15-6-13(20)14(21)7-16(15)24-19/h2-7H,8H2,1H3,(H,22,25)(H,23,24). The predicted octanol–water partition coefficient (Wildman–Crippen LogP) is 4.20. The largest absolute Gasteiger partial charge is 0.423 e. The molecular formula is C19H13F2N3O3S. The fraction of sp³-hybridized carbons (Fsp3) is 0.105. The summed E-state index contributed by atoms with van der Waals surface area (Å²) in [5.41, 5.74) is 1.77. The number of H-pyrrole nitrogens is 1. The second-order valence-corrected chi connectivity index (χ2v) is 7.06. The molecule has 0 bridgehead atoms. The number of hydrogen-bond donors (Lipinski definition) is 2. The molecule has 0 aliphatic heterocycles. The zero-order chi connectivity index (χ0) is 19.8. The Labute approximate surface area is 161 Å². The SMILES string of the molecule is CC(=O)Nc1ccc2c(CSc3nc4cc(F)c(F)cc4[nH]3)cc(=O)oc2c1. The fourth-order valence-electron chi connectivity index (χ4n) is 2.83. The van der Waals surface area contributed by atoms with Crippen molar-refractivity contribution in [2.24, 2.45) is 0 Å². The molecule has 9 heteroatoms. The normalized spacial score (nSPS) is 11.2. The Bertz CT molecular complexity index is 1240. The number of halogens is 2. The zero-order valence-corrected chi connectivity index (χ0v) is 15.3. The van der Waals surface area contributed by atoms with Crippen LogP contribution in [0.15, 0.2) is 50.8 Å². The van der Waals surface area contributed by atoms with Crippen LogP contribution in [-0.4, -0.2) is 15.9 Å². The molecule has 1 amide bonds. The van der Waals surface area contributed by atoms with Crippen LogP contribution in [0.4, 0.5) is 14.5 Å². The number of carbonyl (C=O) groups is 1. The first-order valence-electron chi connectivity index (χ1n) is 8.21. The van der Waals surface area contributed by atoms with Crippen LogP contribution in [0.2, 0.25) is 0 Å². The average Bonchev–Trinajstić information content (AvgIpc) is 3.00. The van der Waals surface area contributed by atoms with Gasteiger partial charge in [-0.3, -0.25) is 4.79 Å². The molecule has 6 nitrogen and oxygen atoms in total. The van der Waals surface area contributed by atoms with Crippen molar-refractivity contribution in [2.45, 2.75) is 17.8 Å². The Hall–Kier alpha value is -3.20. The van der Waals surface area contributed by atoms with Gasteiger partial charge in [-0.15, -0.1) is 0 Å². The Balaban J connectivity index is 1.64. The van der Waals surface area contributed by atoms with Crippen LogP contribution in [0.25, 0.3) is 22.0 Å². The molecule has 0 spiro atoms. The molecule has 2 heterocycles. The van der Waals surface area contributed by atoms with E-state index in [-0.39, 0.29) is 5.91 Å². The van der Waals surface area contributed by atoms with Crippen molar-refractivity contribution < 1.29 is 18.0 Å². The number of imidazole rings is 1. The summed E-state index contributed by atoms with van der Waals surface area (Å²) in [6.45, 7) is 1.39. The molecule has 0 radical (unpaired) electrons. The van der Waals surface area contributed by atoms with Gasteiger partial charge in [0.05, 0.1) is 11.0 Å². The maximum absolute atomic E-state index is 13.3. The van der Waals surface area contributed by atoms with E-state index in [1.807, 2.05) is 0 Å². The quantitative estimate of drug-likeness (QED) is 0.395. The summed E-state index contributed by atoms with van der Waals surface area (Å²) in [5.74, 6) is -1.76. The fourth-order valence-corrected chi connectivity index (χ4v) is 3.70. The Morgan fingerprint density at radius 3 is 2.79 bits per heavy atom. The van der Waals surface area contributed by atoms with Crippen molar-refractivity contribution in [3.05, 3.63) is 64.0 Å². The number of aromatic nitrogens is 2. The number of nitrogens with zero attached hydrogens (tertiary/aromatic N) is 1. The van der Waals surface area contributed by atoms with Crippen molar-refractivity contribution >= 4 is 45.4 Å². The molecule has 0 atom stereocenters. The van der Waals surface area contributed by atoms with E-state index in [1.165, 1.54) is 24.8 Å². The number of fused-ring (bicyclic) bond motifs is 2. The molecule has 0 aliphatic carbocycles. The predicted molar refractivity (Wildman–Crippen MR) is 102 cm³/mol. The van der Waals surface area contributed by atoms with Gasteiger partial charge in [-0.1, -0.05) is 11.8 Å². The van der Waals surface area contributed by atoms with Crippen LogP contribution in [0.5, 0.6) is 0 Å². The van der Waals surface area contributed by atoms with Crippen LogP contribution in [0.1, 0.15) is 12.5 Å². The van der Waals surface area contributed by atoms with Crippen molar-refractivity contribution in [1.29, 1.82) is 0 Å². The Morgan fingerprint density at radius 1 is 1.21 bits per heavy atom. The second kappa shape index (κ2) is 7.08. The third-order valence-electron chi connectivity index (χ3n) is 4.02. The number of nitrogens with one attached hydrogen (secondary N) is 2. The topological polar surface area (TPSA) is 88.0 Å². The van der Waals surface area contributed by atoms with Crippen LogP contribution in [-0.2, 0) is 10.5 Å². The minimum Gasteiger partial charge on any atom is -0.423 e. The van der Waals surface area contributed by atoms with E-state index >= 15 is 0 Å². The van der Waals surface area contributed by atoms with Crippen LogP contribution < -0.4 is 10.9 Å². The number of benzene rings is 2. The van der Waals surface area contributed by atoms with Gasteiger partial charge < -0.3 is 14.7 Å². The molecule has 0 unspecified atom stereocenters. The lowest BCUT2D eigenvalue weighted by molar-refractivity contribution is -0.114. The summed E-state index contributed by atoms with van der Waals surface area (Å²) in [5, 5.41) is 3.82. The first kappa shape index (κ1) is 18.2. The number of thioether (sulfide) groups is 1. The highest BCUT2D eigenvalue weighted by Gasteiger charge is 2.12. The van der Waals surface area contributed by atoms with Crippen LogP contribution in [0.3, 0.4) is 0 Å². The zero-order valence-electron chi connectivity index (χ0n) is 14.5. The van der Waals surface area contributed by atoms with Gasteiger partial charge in [0.2, 0.25) is 5.91 Å². The Morgan fingerprint density at radius 2 is 2.00 bits per heavy atom. The molecule has 0 aliphatic rings. The van der Waals surface area contributed by atoms with Gasteiger partial charge in [-0.2, -0.15) is 0 Å². The maximum atomic E-state index is 13.3. The smallest absolute Gasteiger partial charge is 0.336 e. The summed E-state index contributed by atoms with van der Waals surface area (Å²) >= 11 is 1.29. The van der Waals surface area contributed by atoms with E-state index in [0.29, 0.717) is 38.8 Å². The van der Waals surface area contributed by atoms with Gasteiger partial charge >= 0.3 is 5.63 Å². The van der Waals surface area contributed by atoms with E-state index in [1.54, 1.807) is 18.2 Å². The molecule has 0 fully saturated rings. The molecule has 142 valence electrons. The number of hydrogen-bond acceptors (Lipinski definition) is 5. The molecular weight excluding hydrogens is 388 g/mol. The lowest BCUT2D eigenvalue weighted by atomic mass is 10.1. The molecule has 4 rings (SSSR count). The second-order valence-electron chi connectivity index (χ2n) is 6.10. The number of amides is 1. The minimum absolute atomic E-state index is 0.230. The van der Waals surface area contributed by atoms with E-state index in [4.69, 9.17) is 4.42 Å². The summed E-state index contributed by atoms with van der Waals surface area (Å²) < 4.78 is 31.9. The summed E-state index contributed by atoms with van der Waals surface area (Å²) in [4.78, 5) is 30.2. The highest BCUT2D eigenvalue weighted by molar-refractivity contribution is 7.98. The highest BCUT2D eigenvalue weighted by atomic mass is 32.2. The summed E-state index contributed by atoms with van der Waals surface area (Å²) in [7, 11) is 0. The third kappa shape index (κ3) is 3.61. The monoisotopic (exact) mass is 401 g/mol. The molecule has 28 heavy (non-hydrogen) atoms. The lowest BCUT2D eigenvalue weighted by Crippen LogP contribution is -2.06. The van der Waals surface area contributed by atoms with Gasteiger partial charge in [-0.25, -0.2) is 18.6 Å². The average molecular weight is 401 g/mol. The number of anilines is 1. The van der Waals surface area contributed by atoms with Crippen LogP contribution >= 0.6 is 11.8 Å². The lowest BCUT2D eigenvalue weighted by Gasteiger charge is -2.07. The maximum Gasteiger partial charge on any atom is 0.336 e. The van der Waals surface area contributed by atoms with Crippen molar-refractivity contribution in [1.82, 2.24) is 9.97 Å². The summed E-state index contributed by atoms with van der Waals surface area (Å²) in [6, 6.07) is 8.51. The number of carbonyl (C=O) groups excluding carboxylic acids is 1. The van der Waals surface area contributed by atoms with Crippen molar-refractivity contribution in [3.8, 4) is 0 Å². The van der Waals surface area contributed by atoms with E-state index in [9.17, 15) is 18.4 Å². The molecule has 0 saturated heterocycles. The highest BCUT2D eigenvalue weighted by Crippen LogP contribution is 2.28. The van der Waals surface area contributed by atoms with E-state index in [2.05, 4.69) is 15.3 Å². The van der Waals surface area contributed by atoms with E-state index < -0.39 is 17.3 Å².